The number of nitrogens with zero attached hydrogens (tertiary/aromatic N) is 2. The van der Waals surface area contributed by atoms with E-state index in [1.807, 2.05) is 6.07 Å². The molecular formula is C11H18Cl3N3. The third-order valence-electron chi connectivity index (χ3n) is 3.12. The number of rotatable bonds is 4. The van der Waals surface area contributed by atoms with Crippen LogP contribution in [0.1, 0.15) is 12.8 Å². The molecule has 1 saturated carbocycles. The highest BCUT2D eigenvalue weighted by atomic mass is 35.5. The summed E-state index contributed by atoms with van der Waals surface area (Å²) in [6.45, 7) is 0.976. The lowest BCUT2D eigenvalue weighted by atomic mass is 10.2. The number of anilines is 1. The standard InChI is InChI=1S/C11H16ClN3.2ClH/c1-15(2)11(5-6-11)8-14-9-3-4-10(12)13-7-9;;/h3-4,7,14H,5-6,8H2,1-2H3;2*1H. The Morgan fingerprint density at radius 3 is 2.41 bits per heavy atom. The van der Waals surface area contributed by atoms with Gasteiger partial charge >= 0.3 is 0 Å². The van der Waals surface area contributed by atoms with Gasteiger partial charge in [0, 0.05) is 12.1 Å². The van der Waals surface area contributed by atoms with E-state index in [-0.39, 0.29) is 24.8 Å². The van der Waals surface area contributed by atoms with Crippen LogP contribution in [0.5, 0.6) is 0 Å². The molecule has 0 aromatic carbocycles. The van der Waals surface area contributed by atoms with Crippen LogP contribution in [-0.2, 0) is 0 Å². The number of likely N-dealkylation sites (N-methyl/N-ethyl adjacent to an activating group) is 1. The minimum Gasteiger partial charge on any atom is -0.382 e. The fourth-order valence-electron chi connectivity index (χ4n) is 1.67. The topological polar surface area (TPSA) is 28.2 Å². The Balaban J connectivity index is 0.00000128. The van der Waals surface area contributed by atoms with Gasteiger partial charge in [0.25, 0.3) is 0 Å². The molecule has 1 aromatic heterocycles. The normalized spacial score (nSPS) is 15.8. The van der Waals surface area contributed by atoms with Gasteiger partial charge in [-0.1, -0.05) is 11.6 Å². The third kappa shape index (κ3) is 4.18. The van der Waals surface area contributed by atoms with Gasteiger partial charge in [-0.05, 0) is 39.1 Å². The lowest BCUT2D eigenvalue weighted by molar-refractivity contribution is 0.284. The van der Waals surface area contributed by atoms with Crippen molar-refractivity contribution in [3.8, 4) is 0 Å². The maximum absolute atomic E-state index is 5.72. The lowest BCUT2D eigenvalue weighted by Crippen LogP contribution is -2.36. The average molecular weight is 299 g/mol. The maximum atomic E-state index is 5.72. The fraction of sp³-hybridized carbons (Fsp3) is 0.545. The van der Waals surface area contributed by atoms with Crippen molar-refractivity contribution in [3.05, 3.63) is 23.5 Å². The summed E-state index contributed by atoms with van der Waals surface area (Å²) in [4.78, 5) is 6.33. The van der Waals surface area contributed by atoms with Crippen LogP contribution < -0.4 is 5.32 Å². The molecule has 1 aliphatic carbocycles. The van der Waals surface area contributed by atoms with Crippen LogP contribution in [0.25, 0.3) is 0 Å². The molecule has 17 heavy (non-hydrogen) atoms. The van der Waals surface area contributed by atoms with Crippen LogP contribution in [0.2, 0.25) is 5.15 Å². The van der Waals surface area contributed by atoms with Gasteiger partial charge in [0.05, 0.1) is 11.9 Å². The predicted molar refractivity (Wildman–Crippen MR) is 77.9 cm³/mol. The average Bonchev–Trinajstić information content (AvgIpc) is 2.98. The van der Waals surface area contributed by atoms with Gasteiger partial charge < -0.3 is 10.2 Å². The number of nitrogens with one attached hydrogen (secondary N) is 1. The Labute approximate surface area is 120 Å². The molecule has 0 unspecified atom stereocenters. The summed E-state index contributed by atoms with van der Waals surface area (Å²) in [5, 5.41) is 3.93. The van der Waals surface area contributed by atoms with Gasteiger partial charge in [-0.2, -0.15) is 0 Å². The van der Waals surface area contributed by atoms with E-state index in [4.69, 9.17) is 11.6 Å². The second kappa shape index (κ2) is 6.64. The number of hydrogen-bond acceptors (Lipinski definition) is 3. The Kier molecular flexibility index (Phi) is 6.56. The van der Waals surface area contributed by atoms with Gasteiger partial charge in [-0.3, -0.25) is 0 Å². The summed E-state index contributed by atoms with van der Waals surface area (Å²) < 4.78 is 0. The van der Waals surface area contributed by atoms with Gasteiger partial charge in [0.1, 0.15) is 5.15 Å². The van der Waals surface area contributed by atoms with E-state index < -0.39 is 0 Å². The second-order valence-electron chi connectivity index (χ2n) is 4.34. The molecular weight excluding hydrogens is 281 g/mol. The molecule has 3 nitrogen and oxygen atoms in total. The minimum absolute atomic E-state index is 0. The number of aromatic nitrogens is 1. The summed E-state index contributed by atoms with van der Waals surface area (Å²) in [5.41, 5.74) is 1.40. The van der Waals surface area contributed by atoms with Crippen LogP contribution in [-0.4, -0.2) is 36.1 Å². The summed E-state index contributed by atoms with van der Waals surface area (Å²) in [6, 6.07) is 3.76. The Morgan fingerprint density at radius 2 is 2.00 bits per heavy atom. The summed E-state index contributed by atoms with van der Waals surface area (Å²) in [5.74, 6) is 0. The van der Waals surface area contributed by atoms with Crippen molar-refractivity contribution < 1.29 is 0 Å². The monoisotopic (exact) mass is 297 g/mol. The zero-order chi connectivity index (χ0) is 10.9. The maximum Gasteiger partial charge on any atom is 0.129 e. The fourth-order valence-corrected chi connectivity index (χ4v) is 1.79. The van der Waals surface area contributed by atoms with Crippen molar-refractivity contribution >= 4 is 42.1 Å². The molecule has 98 valence electrons. The van der Waals surface area contributed by atoms with E-state index in [1.165, 1.54) is 12.8 Å². The molecule has 0 spiro atoms. The summed E-state index contributed by atoms with van der Waals surface area (Å²) in [7, 11) is 4.27. The van der Waals surface area contributed by atoms with E-state index in [0.29, 0.717) is 10.7 Å². The van der Waals surface area contributed by atoms with Crippen LogP contribution in [0.15, 0.2) is 18.3 Å². The number of hydrogen-bond donors (Lipinski definition) is 1. The van der Waals surface area contributed by atoms with Crippen molar-refractivity contribution in [2.24, 2.45) is 0 Å². The van der Waals surface area contributed by atoms with E-state index in [2.05, 4.69) is 29.3 Å². The molecule has 2 rings (SSSR count). The van der Waals surface area contributed by atoms with E-state index in [0.717, 1.165) is 12.2 Å². The molecule has 0 atom stereocenters. The molecule has 0 saturated heterocycles. The molecule has 1 aromatic rings. The first-order valence-electron chi connectivity index (χ1n) is 5.15. The molecule has 1 aliphatic rings. The van der Waals surface area contributed by atoms with Crippen molar-refractivity contribution in [1.82, 2.24) is 9.88 Å². The first-order valence-corrected chi connectivity index (χ1v) is 5.53. The van der Waals surface area contributed by atoms with Crippen LogP contribution in [0.3, 0.4) is 0 Å². The largest absolute Gasteiger partial charge is 0.382 e. The molecule has 0 bridgehead atoms. The second-order valence-corrected chi connectivity index (χ2v) is 4.73. The molecule has 1 fully saturated rings. The molecule has 6 heteroatoms. The molecule has 0 amide bonds. The molecule has 1 heterocycles. The zero-order valence-electron chi connectivity index (χ0n) is 9.94. The van der Waals surface area contributed by atoms with Crippen molar-refractivity contribution in [2.45, 2.75) is 18.4 Å². The highest BCUT2D eigenvalue weighted by Crippen LogP contribution is 2.39. The number of halogens is 3. The van der Waals surface area contributed by atoms with E-state index in [1.54, 1.807) is 12.3 Å². The quantitative estimate of drug-likeness (QED) is 0.866. The summed E-state index contributed by atoms with van der Waals surface area (Å²) in [6.07, 6.45) is 4.32. The summed E-state index contributed by atoms with van der Waals surface area (Å²) >= 11 is 5.72. The number of pyridine rings is 1. The van der Waals surface area contributed by atoms with Gasteiger partial charge in [0.2, 0.25) is 0 Å². The highest BCUT2D eigenvalue weighted by molar-refractivity contribution is 6.29. The van der Waals surface area contributed by atoms with Crippen molar-refractivity contribution in [1.29, 1.82) is 0 Å². The SMILES string of the molecule is CN(C)C1(CNc2ccc(Cl)nc2)CC1.Cl.Cl. The van der Waals surface area contributed by atoms with Crippen LogP contribution in [0, 0.1) is 0 Å². The Bertz CT molecular complexity index is 336. The van der Waals surface area contributed by atoms with E-state index in [9.17, 15) is 0 Å². The van der Waals surface area contributed by atoms with E-state index >= 15 is 0 Å². The predicted octanol–water partition coefficient (Wildman–Crippen LogP) is 3.08. The van der Waals surface area contributed by atoms with Crippen molar-refractivity contribution in [2.75, 3.05) is 26.0 Å². The van der Waals surface area contributed by atoms with Gasteiger partial charge in [0.15, 0.2) is 0 Å². The molecule has 0 aliphatic heterocycles. The zero-order valence-corrected chi connectivity index (χ0v) is 12.3. The first-order chi connectivity index (χ1) is 7.12. The first kappa shape index (κ1) is 16.8. The minimum atomic E-state index is 0. The van der Waals surface area contributed by atoms with Crippen molar-refractivity contribution in [3.63, 3.8) is 0 Å². The van der Waals surface area contributed by atoms with Gasteiger partial charge in [-0.15, -0.1) is 24.8 Å². The molecule has 1 N–H and O–H groups in total. The van der Waals surface area contributed by atoms with Gasteiger partial charge in [-0.25, -0.2) is 4.98 Å². The third-order valence-corrected chi connectivity index (χ3v) is 3.35. The molecule has 0 radical (unpaired) electrons. The smallest absolute Gasteiger partial charge is 0.129 e. The van der Waals surface area contributed by atoms with Crippen LogP contribution >= 0.6 is 36.4 Å². The Hall–Kier alpha value is -0.220. The Morgan fingerprint density at radius 1 is 1.35 bits per heavy atom. The lowest BCUT2D eigenvalue weighted by Gasteiger charge is -2.24. The van der Waals surface area contributed by atoms with Crippen LogP contribution in [0.4, 0.5) is 5.69 Å². The highest BCUT2D eigenvalue weighted by Gasteiger charge is 2.44.